The Morgan fingerprint density at radius 3 is 1.64 bits per heavy atom. The molecule has 0 fully saturated rings. The molecule has 14 heavy (non-hydrogen) atoms. The Kier molecular flexibility index (Phi) is 5.15. The van der Waals surface area contributed by atoms with Gasteiger partial charge in [-0.15, -0.1) is 5.70 Å². The molecule has 0 atom stereocenters. The number of rotatable bonds is 3. The van der Waals surface area contributed by atoms with Gasteiger partial charge in [0, 0.05) is 38.4 Å². The van der Waals surface area contributed by atoms with Gasteiger partial charge in [-0.2, -0.15) is 0 Å². The molecule has 0 aliphatic heterocycles. The third-order valence-electron chi connectivity index (χ3n) is 1.80. The van der Waals surface area contributed by atoms with E-state index in [9.17, 15) is 9.59 Å². The van der Waals surface area contributed by atoms with Gasteiger partial charge in [-0.1, -0.05) is 6.08 Å². The SMILES string of the molecule is CN(C)C(=O)C(C=C[SiH3])C(=O)N(C)C. The smallest absolute Gasteiger partial charge is 0.238 e. The first-order chi connectivity index (χ1) is 6.41. The standard InChI is InChI=1S/C9H18N2O2Si/c1-10(2)8(12)7(5-6-14)9(13)11(3)4/h5-7H,1-4,14H3. The predicted octanol–water partition coefficient (Wildman–Crippen LogP) is -1.34. The Balaban J connectivity index is 4.77. The van der Waals surface area contributed by atoms with Crippen LogP contribution in [0.5, 0.6) is 0 Å². The number of hydrogen-bond donors (Lipinski definition) is 0. The van der Waals surface area contributed by atoms with Crippen LogP contribution >= 0.6 is 0 Å². The average molecular weight is 214 g/mol. The van der Waals surface area contributed by atoms with Crippen molar-refractivity contribution in [2.24, 2.45) is 5.92 Å². The number of carbonyl (C=O) groups is 2. The van der Waals surface area contributed by atoms with Gasteiger partial charge in [0.15, 0.2) is 0 Å². The molecule has 0 saturated carbocycles. The molecule has 0 aromatic rings. The molecule has 0 aromatic heterocycles. The van der Waals surface area contributed by atoms with E-state index >= 15 is 0 Å². The van der Waals surface area contributed by atoms with Crippen molar-refractivity contribution in [2.45, 2.75) is 0 Å². The molecule has 0 aliphatic carbocycles. The summed E-state index contributed by atoms with van der Waals surface area (Å²) in [5.41, 5.74) is 1.85. The molecule has 0 aliphatic rings. The zero-order valence-electron chi connectivity index (χ0n) is 9.44. The molecule has 4 nitrogen and oxygen atoms in total. The lowest BCUT2D eigenvalue weighted by molar-refractivity contribution is -0.142. The molecule has 0 radical (unpaired) electrons. The molecule has 0 saturated heterocycles. The largest absolute Gasteiger partial charge is 0.348 e. The Labute approximate surface area is 88.0 Å². The van der Waals surface area contributed by atoms with Crippen molar-refractivity contribution in [3.63, 3.8) is 0 Å². The van der Waals surface area contributed by atoms with Crippen LogP contribution in [0.3, 0.4) is 0 Å². The summed E-state index contributed by atoms with van der Waals surface area (Å²) < 4.78 is 0. The highest BCUT2D eigenvalue weighted by Crippen LogP contribution is 2.06. The molecule has 80 valence electrons. The Morgan fingerprint density at radius 2 is 1.43 bits per heavy atom. The topological polar surface area (TPSA) is 40.6 Å². The minimum Gasteiger partial charge on any atom is -0.348 e. The monoisotopic (exact) mass is 214 g/mol. The summed E-state index contributed by atoms with van der Waals surface area (Å²) >= 11 is 0. The highest BCUT2D eigenvalue weighted by atomic mass is 28.1. The molecule has 5 heteroatoms. The second kappa shape index (κ2) is 5.59. The lowest BCUT2D eigenvalue weighted by Crippen LogP contribution is -2.39. The van der Waals surface area contributed by atoms with E-state index in [-0.39, 0.29) is 11.8 Å². The first-order valence-corrected chi connectivity index (χ1v) is 5.62. The molecular weight excluding hydrogens is 196 g/mol. The van der Waals surface area contributed by atoms with E-state index in [0.717, 1.165) is 10.2 Å². The van der Waals surface area contributed by atoms with Gasteiger partial charge in [0.05, 0.1) is 0 Å². The molecule has 0 unspecified atom stereocenters. The summed E-state index contributed by atoms with van der Waals surface area (Å²) in [6.45, 7) is 0. The van der Waals surface area contributed by atoms with E-state index in [1.807, 2.05) is 5.70 Å². The molecule has 0 spiro atoms. The van der Waals surface area contributed by atoms with Crippen LogP contribution in [0.25, 0.3) is 0 Å². The summed E-state index contributed by atoms with van der Waals surface area (Å²) in [7, 11) is 7.46. The maximum atomic E-state index is 11.6. The highest BCUT2D eigenvalue weighted by Gasteiger charge is 2.26. The zero-order valence-corrected chi connectivity index (χ0v) is 11.4. The van der Waals surface area contributed by atoms with E-state index < -0.39 is 5.92 Å². The second-order valence-electron chi connectivity index (χ2n) is 3.47. The molecule has 0 aromatic carbocycles. The fraction of sp³-hybridized carbons (Fsp3) is 0.556. The van der Waals surface area contributed by atoms with Crippen LogP contribution in [0.4, 0.5) is 0 Å². The first-order valence-electron chi connectivity index (χ1n) is 4.47. The quantitative estimate of drug-likeness (QED) is 0.431. The lowest BCUT2D eigenvalue weighted by Gasteiger charge is -2.20. The summed E-state index contributed by atoms with van der Waals surface area (Å²) in [6, 6.07) is 0. The first kappa shape index (κ1) is 12.9. The second-order valence-corrected chi connectivity index (χ2v) is 4.14. The molecule has 0 bridgehead atoms. The van der Waals surface area contributed by atoms with E-state index in [2.05, 4.69) is 0 Å². The van der Waals surface area contributed by atoms with Crippen LogP contribution in [0, 0.1) is 5.92 Å². The van der Waals surface area contributed by atoms with E-state index in [4.69, 9.17) is 0 Å². The summed E-state index contributed by atoms with van der Waals surface area (Å²) in [5, 5.41) is 0. The van der Waals surface area contributed by atoms with Gasteiger partial charge in [-0.25, -0.2) is 0 Å². The molecule has 2 amide bonds. The number of nitrogens with zero attached hydrogens (tertiary/aromatic N) is 2. The highest BCUT2D eigenvalue weighted by molar-refractivity contribution is 6.17. The molecule has 0 rings (SSSR count). The van der Waals surface area contributed by atoms with E-state index in [1.165, 1.54) is 9.80 Å². The third kappa shape index (κ3) is 3.33. The van der Waals surface area contributed by atoms with Gasteiger partial charge < -0.3 is 9.80 Å². The number of amides is 2. The van der Waals surface area contributed by atoms with Crippen molar-refractivity contribution in [2.75, 3.05) is 28.2 Å². The predicted molar refractivity (Wildman–Crippen MR) is 60.0 cm³/mol. The van der Waals surface area contributed by atoms with Crippen molar-refractivity contribution >= 4 is 22.1 Å². The maximum Gasteiger partial charge on any atom is 0.238 e. The molecule has 0 N–H and O–H groups in total. The van der Waals surface area contributed by atoms with Gasteiger partial charge in [-0.05, 0) is 0 Å². The van der Waals surface area contributed by atoms with Gasteiger partial charge in [0.25, 0.3) is 0 Å². The van der Waals surface area contributed by atoms with Crippen molar-refractivity contribution in [1.82, 2.24) is 9.80 Å². The minimum atomic E-state index is -0.655. The Hall–Kier alpha value is -1.10. The van der Waals surface area contributed by atoms with Crippen LogP contribution in [0.15, 0.2) is 11.8 Å². The van der Waals surface area contributed by atoms with Crippen LogP contribution < -0.4 is 0 Å². The van der Waals surface area contributed by atoms with Crippen LogP contribution in [0.2, 0.25) is 0 Å². The molecular formula is C9H18N2O2Si. The fourth-order valence-corrected chi connectivity index (χ4v) is 1.40. The lowest BCUT2D eigenvalue weighted by atomic mass is 10.1. The Morgan fingerprint density at radius 1 is 1.07 bits per heavy atom. The van der Waals surface area contributed by atoms with Crippen LogP contribution in [-0.2, 0) is 9.59 Å². The fourth-order valence-electron chi connectivity index (χ4n) is 1.02. The Bertz CT molecular complexity index is 229. The van der Waals surface area contributed by atoms with Gasteiger partial charge in [0.1, 0.15) is 5.92 Å². The van der Waals surface area contributed by atoms with Crippen molar-refractivity contribution in [3.05, 3.63) is 11.8 Å². The average Bonchev–Trinajstić information content (AvgIpc) is 2.11. The number of carbonyl (C=O) groups excluding carboxylic acids is 2. The van der Waals surface area contributed by atoms with E-state index in [0.29, 0.717) is 0 Å². The summed E-state index contributed by atoms with van der Waals surface area (Å²) in [5.74, 6) is -0.996. The van der Waals surface area contributed by atoms with Crippen LogP contribution in [-0.4, -0.2) is 60.0 Å². The summed E-state index contributed by atoms with van der Waals surface area (Å²) in [6.07, 6.45) is 1.68. The minimum absolute atomic E-state index is 0.171. The normalized spacial score (nSPS) is 10.9. The third-order valence-corrected chi connectivity index (χ3v) is 2.18. The van der Waals surface area contributed by atoms with Gasteiger partial charge in [-0.3, -0.25) is 9.59 Å². The summed E-state index contributed by atoms with van der Waals surface area (Å²) in [4.78, 5) is 26.1. The zero-order chi connectivity index (χ0) is 11.3. The van der Waals surface area contributed by atoms with Gasteiger partial charge in [0.2, 0.25) is 11.8 Å². The van der Waals surface area contributed by atoms with Crippen molar-refractivity contribution < 1.29 is 9.59 Å². The maximum absolute atomic E-state index is 11.6. The number of hydrogen-bond acceptors (Lipinski definition) is 2. The van der Waals surface area contributed by atoms with Crippen molar-refractivity contribution in [3.8, 4) is 0 Å². The van der Waals surface area contributed by atoms with Gasteiger partial charge >= 0.3 is 0 Å². The van der Waals surface area contributed by atoms with E-state index in [1.54, 1.807) is 34.3 Å². The van der Waals surface area contributed by atoms with Crippen molar-refractivity contribution in [1.29, 1.82) is 0 Å². The molecule has 0 heterocycles. The van der Waals surface area contributed by atoms with Crippen LogP contribution in [0.1, 0.15) is 0 Å².